The van der Waals surface area contributed by atoms with Gasteiger partial charge in [0.05, 0.1) is 6.33 Å². The van der Waals surface area contributed by atoms with Crippen LogP contribution in [0, 0.1) is 0 Å². The fourth-order valence-corrected chi connectivity index (χ4v) is 2.19. The molecule has 3 nitrogen and oxygen atoms in total. The molecule has 0 spiro atoms. The molecule has 13 heavy (non-hydrogen) atoms. The highest BCUT2D eigenvalue weighted by molar-refractivity contribution is 4.88. The normalized spacial score (nSPS) is 28.1. The molecular weight excluding hydrogens is 162 g/mol. The number of nitrogens with one attached hydrogen (secondary N) is 1. The maximum Gasteiger partial charge on any atom is 0.0948 e. The van der Waals surface area contributed by atoms with Crippen LogP contribution in [-0.2, 0) is 0 Å². The first kappa shape index (κ1) is 8.75. The molecule has 1 aromatic rings. The minimum absolute atomic E-state index is 0.673. The van der Waals surface area contributed by atoms with Gasteiger partial charge in [-0.2, -0.15) is 0 Å². The Morgan fingerprint density at radius 1 is 1.54 bits per heavy atom. The van der Waals surface area contributed by atoms with E-state index in [4.69, 9.17) is 0 Å². The van der Waals surface area contributed by atoms with Crippen molar-refractivity contribution in [1.29, 1.82) is 0 Å². The van der Waals surface area contributed by atoms with Gasteiger partial charge in [0, 0.05) is 24.5 Å². The topological polar surface area (TPSA) is 29.9 Å². The molecule has 72 valence electrons. The molecule has 2 unspecified atom stereocenters. The first-order chi connectivity index (χ1) is 6.40. The summed E-state index contributed by atoms with van der Waals surface area (Å²) in [5.74, 6) is 0. The van der Waals surface area contributed by atoms with Crippen molar-refractivity contribution in [2.75, 3.05) is 6.54 Å². The molecule has 1 heterocycles. The maximum atomic E-state index is 4.08. The van der Waals surface area contributed by atoms with Crippen LogP contribution in [0.1, 0.15) is 32.2 Å². The third kappa shape index (κ3) is 1.91. The summed E-state index contributed by atoms with van der Waals surface area (Å²) in [7, 11) is 0. The molecule has 1 N–H and O–H groups in total. The van der Waals surface area contributed by atoms with E-state index in [1.54, 1.807) is 0 Å². The van der Waals surface area contributed by atoms with Crippen LogP contribution in [0.5, 0.6) is 0 Å². The van der Waals surface area contributed by atoms with E-state index >= 15 is 0 Å². The molecule has 0 aromatic carbocycles. The predicted octanol–water partition coefficient (Wildman–Crippen LogP) is 1.59. The quantitative estimate of drug-likeness (QED) is 0.763. The number of aromatic nitrogens is 2. The Bertz CT molecular complexity index is 243. The van der Waals surface area contributed by atoms with Crippen molar-refractivity contribution in [2.45, 2.75) is 38.3 Å². The average molecular weight is 179 g/mol. The molecule has 1 aliphatic rings. The number of imidazole rings is 1. The molecule has 1 aromatic heterocycles. The summed E-state index contributed by atoms with van der Waals surface area (Å²) < 4.78 is 2.23. The lowest BCUT2D eigenvalue weighted by molar-refractivity contribution is 0.481. The summed E-state index contributed by atoms with van der Waals surface area (Å²) >= 11 is 0. The van der Waals surface area contributed by atoms with Crippen molar-refractivity contribution < 1.29 is 0 Å². The minimum Gasteiger partial charge on any atom is -0.334 e. The summed E-state index contributed by atoms with van der Waals surface area (Å²) in [6.07, 6.45) is 9.70. The van der Waals surface area contributed by atoms with E-state index in [1.165, 1.54) is 19.3 Å². The molecule has 0 amide bonds. The summed E-state index contributed by atoms with van der Waals surface area (Å²) in [5.41, 5.74) is 0. The van der Waals surface area contributed by atoms with Gasteiger partial charge in [0.25, 0.3) is 0 Å². The van der Waals surface area contributed by atoms with E-state index in [0.29, 0.717) is 6.04 Å². The SMILES string of the molecule is CCNC1CCC(n2ccnc2)C1. The van der Waals surface area contributed by atoms with Crippen LogP contribution >= 0.6 is 0 Å². The van der Waals surface area contributed by atoms with Crippen molar-refractivity contribution in [1.82, 2.24) is 14.9 Å². The molecular formula is C10H17N3. The van der Waals surface area contributed by atoms with Gasteiger partial charge in [-0.15, -0.1) is 0 Å². The zero-order valence-corrected chi connectivity index (χ0v) is 8.11. The Morgan fingerprint density at radius 3 is 3.15 bits per heavy atom. The van der Waals surface area contributed by atoms with Gasteiger partial charge in [-0.3, -0.25) is 0 Å². The van der Waals surface area contributed by atoms with Crippen molar-refractivity contribution in [3.05, 3.63) is 18.7 Å². The monoisotopic (exact) mass is 179 g/mol. The molecule has 1 aliphatic carbocycles. The van der Waals surface area contributed by atoms with Gasteiger partial charge >= 0.3 is 0 Å². The second-order valence-electron chi connectivity index (χ2n) is 3.73. The maximum absolute atomic E-state index is 4.08. The van der Waals surface area contributed by atoms with Crippen molar-refractivity contribution in [3.8, 4) is 0 Å². The van der Waals surface area contributed by atoms with Crippen molar-refractivity contribution in [3.63, 3.8) is 0 Å². The Hall–Kier alpha value is -0.830. The van der Waals surface area contributed by atoms with E-state index in [1.807, 2.05) is 12.5 Å². The Labute approximate surface area is 79.2 Å². The third-order valence-corrected chi connectivity index (χ3v) is 2.84. The Kier molecular flexibility index (Phi) is 2.64. The smallest absolute Gasteiger partial charge is 0.0948 e. The number of rotatable bonds is 3. The molecule has 0 bridgehead atoms. The van der Waals surface area contributed by atoms with E-state index in [0.717, 1.165) is 12.6 Å². The van der Waals surface area contributed by atoms with E-state index in [9.17, 15) is 0 Å². The molecule has 2 rings (SSSR count). The fraction of sp³-hybridized carbons (Fsp3) is 0.700. The molecule has 0 aliphatic heterocycles. The van der Waals surface area contributed by atoms with Crippen molar-refractivity contribution >= 4 is 0 Å². The van der Waals surface area contributed by atoms with Crippen molar-refractivity contribution in [2.24, 2.45) is 0 Å². The van der Waals surface area contributed by atoms with E-state index in [-0.39, 0.29) is 0 Å². The van der Waals surface area contributed by atoms with E-state index < -0.39 is 0 Å². The predicted molar refractivity (Wildman–Crippen MR) is 52.6 cm³/mol. The zero-order valence-electron chi connectivity index (χ0n) is 8.11. The van der Waals surface area contributed by atoms with E-state index in [2.05, 4.69) is 28.0 Å². The summed E-state index contributed by atoms with van der Waals surface area (Å²) in [6.45, 7) is 3.26. The van der Waals surface area contributed by atoms with Crippen LogP contribution in [0.4, 0.5) is 0 Å². The lowest BCUT2D eigenvalue weighted by atomic mass is 10.2. The minimum atomic E-state index is 0.673. The van der Waals surface area contributed by atoms with Crippen LogP contribution < -0.4 is 5.32 Å². The first-order valence-electron chi connectivity index (χ1n) is 5.11. The summed E-state index contributed by atoms with van der Waals surface area (Å²) in [6, 6.07) is 1.39. The summed E-state index contributed by atoms with van der Waals surface area (Å²) in [4.78, 5) is 4.08. The number of hydrogen-bond donors (Lipinski definition) is 1. The van der Waals surface area contributed by atoms with Gasteiger partial charge in [-0.1, -0.05) is 6.92 Å². The molecule has 1 saturated carbocycles. The molecule has 3 heteroatoms. The van der Waals surface area contributed by atoms with Gasteiger partial charge in [0.2, 0.25) is 0 Å². The van der Waals surface area contributed by atoms with Crippen LogP contribution in [0.25, 0.3) is 0 Å². The highest BCUT2D eigenvalue weighted by Crippen LogP contribution is 2.29. The first-order valence-corrected chi connectivity index (χ1v) is 5.11. The number of hydrogen-bond acceptors (Lipinski definition) is 2. The zero-order chi connectivity index (χ0) is 9.10. The molecule has 2 atom stereocenters. The largest absolute Gasteiger partial charge is 0.334 e. The lowest BCUT2D eigenvalue weighted by Gasteiger charge is -2.12. The molecule has 1 fully saturated rings. The van der Waals surface area contributed by atoms with Gasteiger partial charge in [0.15, 0.2) is 0 Å². The Morgan fingerprint density at radius 2 is 2.46 bits per heavy atom. The van der Waals surface area contributed by atoms with Crippen LogP contribution in [0.2, 0.25) is 0 Å². The van der Waals surface area contributed by atoms with Crippen LogP contribution in [-0.4, -0.2) is 22.1 Å². The highest BCUT2D eigenvalue weighted by atomic mass is 15.1. The third-order valence-electron chi connectivity index (χ3n) is 2.84. The molecule has 0 saturated heterocycles. The average Bonchev–Trinajstić information content (AvgIpc) is 2.70. The summed E-state index contributed by atoms with van der Waals surface area (Å²) in [5, 5.41) is 3.50. The Balaban J connectivity index is 1.91. The second-order valence-corrected chi connectivity index (χ2v) is 3.73. The van der Waals surface area contributed by atoms with Crippen LogP contribution in [0.15, 0.2) is 18.7 Å². The van der Waals surface area contributed by atoms with Gasteiger partial charge in [-0.05, 0) is 25.8 Å². The van der Waals surface area contributed by atoms with Gasteiger partial charge in [0.1, 0.15) is 0 Å². The lowest BCUT2D eigenvalue weighted by Crippen LogP contribution is -2.26. The molecule has 0 radical (unpaired) electrons. The standard InChI is InChI=1S/C10H17N3/c1-2-12-9-3-4-10(7-9)13-6-5-11-8-13/h5-6,8-10,12H,2-4,7H2,1H3. The van der Waals surface area contributed by atoms with Crippen LogP contribution in [0.3, 0.4) is 0 Å². The van der Waals surface area contributed by atoms with Gasteiger partial charge < -0.3 is 9.88 Å². The highest BCUT2D eigenvalue weighted by Gasteiger charge is 2.24. The second kappa shape index (κ2) is 3.92. The number of nitrogens with zero attached hydrogens (tertiary/aromatic N) is 2. The van der Waals surface area contributed by atoms with Gasteiger partial charge in [-0.25, -0.2) is 4.98 Å². The fourth-order valence-electron chi connectivity index (χ4n) is 2.19.